The van der Waals surface area contributed by atoms with Crippen LogP contribution in [0.15, 0.2) is 54.9 Å². The van der Waals surface area contributed by atoms with Crippen molar-refractivity contribution in [3.05, 3.63) is 54.9 Å². The second-order valence-electron chi connectivity index (χ2n) is 10.5. The molecule has 1 aliphatic heterocycles. The molecule has 1 saturated heterocycles. The molecule has 6 rings (SSSR count). The number of benzene rings is 2. The van der Waals surface area contributed by atoms with Gasteiger partial charge in [-0.05, 0) is 95.1 Å². The predicted octanol–water partition coefficient (Wildman–Crippen LogP) is 5.12. The second kappa shape index (κ2) is 9.95. The topological polar surface area (TPSA) is 99.8 Å². The Morgan fingerprint density at radius 1 is 0.917 bits per heavy atom. The minimum Gasteiger partial charge on any atom is -0.382 e. The first-order valence-electron chi connectivity index (χ1n) is 13.2. The van der Waals surface area contributed by atoms with Crippen molar-refractivity contribution in [2.24, 2.45) is 5.73 Å². The lowest BCUT2D eigenvalue weighted by atomic mass is 9.91. The number of rotatable bonds is 6. The molecular weight excluding hydrogens is 448 g/mol. The quantitative estimate of drug-likeness (QED) is 0.303. The molecule has 4 aromatic rings. The summed E-state index contributed by atoms with van der Waals surface area (Å²) in [6, 6.07) is 18.3. The highest BCUT2D eigenvalue weighted by Gasteiger charge is 2.21. The van der Waals surface area contributed by atoms with Crippen LogP contribution in [0.2, 0.25) is 0 Å². The van der Waals surface area contributed by atoms with Crippen molar-refractivity contribution in [3.8, 4) is 11.3 Å². The summed E-state index contributed by atoms with van der Waals surface area (Å²) in [5.41, 5.74) is 12.6. The molecule has 2 aliphatic rings. The Morgan fingerprint density at radius 3 is 2.44 bits per heavy atom. The van der Waals surface area contributed by atoms with Crippen molar-refractivity contribution < 1.29 is 0 Å². The lowest BCUT2D eigenvalue weighted by molar-refractivity contribution is 0.264. The highest BCUT2D eigenvalue weighted by molar-refractivity contribution is 5.82. The van der Waals surface area contributed by atoms with Crippen molar-refractivity contribution in [3.63, 3.8) is 0 Å². The summed E-state index contributed by atoms with van der Waals surface area (Å²) in [7, 11) is 2.19. The summed E-state index contributed by atoms with van der Waals surface area (Å²) >= 11 is 0. The van der Waals surface area contributed by atoms with Crippen molar-refractivity contribution in [1.82, 2.24) is 24.6 Å². The molecule has 2 fully saturated rings. The third-order valence-corrected chi connectivity index (χ3v) is 7.85. The molecule has 0 radical (unpaired) electrons. The van der Waals surface area contributed by atoms with Gasteiger partial charge in [0.15, 0.2) is 5.82 Å². The molecule has 5 N–H and O–H groups in total. The molecule has 0 amide bonds. The Morgan fingerprint density at radius 2 is 1.67 bits per heavy atom. The van der Waals surface area contributed by atoms with Crippen molar-refractivity contribution in [2.45, 2.75) is 56.7 Å². The molecule has 3 heterocycles. The van der Waals surface area contributed by atoms with Crippen molar-refractivity contribution in [2.75, 3.05) is 30.8 Å². The molecule has 0 unspecified atom stereocenters. The molecule has 0 atom stereocenters. The van der Waals surface area contributed by atoms with E-state index < -0.39 is 0 Å². The summed E-state index contributed by atoms with van der Waals surface area (Å²) in [5.74, 6) is 0.802. The summed E-state index contributed by atoms with van der Waals surface area (Å²) in [5, 5.41) is 14.8. The summed E-state index contributed by atoms with van der Waals surface area (Å²) in [6.45, 7) is 2.31. The fourth-order valence-corrected chi connectivity index (χ4v) is 5.58. The Kier molecular flexibility index (Phi) is 6.37. The van der Waals surface area contributed by atoms with Crippen LogP contribution in [-0.4, -0.2) is 56.9 Å². The van der Waals surface area contributed by atoms with Crippen LogP contribution in [0.4, 0.5) is 17.2 Å². The molecule has 2 aromatic carbocycles. The fraction of sp³-hybridized carbons (Fsp3) is 0.429. The largest absolute Gasteiger partial charge is 0.382 e. The van der Waals surface area contributed by atoms with Gasteiger partial charge in [-0.3, -0.25) is 5.10 Å². The minimum atomic E-state index is 0.342. The van der Waals surface area contributed by atoms with Gasteiger partial charge in [-0.25, -0.2) is 4.98 Å². The standard InChI is InChI=1S/C28H36N8/c1-35-14-12-23(13-15-35)31-21-5-7-22(8-6-21)32-28-17-26(33-34-28)19-2-11-25-27(16-19)36(18-30-25)24-9-3-20(29)4-10-24/h2,5-8,11,16-18,20,23-24,31H,3-4,9-10,12-15,29H2,1H3,(H2,32,33,34). The SMILES string of the molecule is CN1CCC(Nc2ccc(Nc3cc(-c4ccc5ncn(C6CCC(N)CC6)c5c4)[nH]n3)cc2)CC1. The molecule has 1 aliphatic carbocycles. The van der Waals surface area contributed by atoms with Crippen LogP contribution < -0.4 is 16.4 Å². The Hall–Kier alpha value is -3.36. The number of likely N-dealkylation sites (tertiary alicyclic amines) is 1. The molecule has 8 heteroatoms. The molecule has 36 heavy (non-hydrogen) atoms. The summed E-state index contributed by atoms with van der Waals surface area (Å²) < 4.78 is 2.33. The van der Waals surface area contributed by atoms with Crippen molar-refractivity contribution >= 4 is 28.2 Å². The van der Waals surface area contributed by atoms with Crippen LogP contribution >= 0.6 is 0 Å². The molecule has 0 bridgehead atoms. The lowest BCUT2D eigenvalue weighted by Crippen LogP contribution is -2.36. The second-order valence-corrected chi connectivity index (χ2v) is 10.5. The Balaban J connectivity index is 1.13. The zero-order valence-electron chi connectivity index (χ0n) is 21.0. The van der Waals surface area contributed by atoms with E-state index in [9.17, 15) is 0 Å². The maximum absolute atomic E-state index is 6.12. The minimum absolute atomic E-state index is 0.342. The van der Waals surface area contributed by atoms with Crippen LogP contribution in [0, 0.1) is 0 Å². The van der Waals surface area contributed by atoms with Crippen LogP contribution in [-0.2, 0) is 0 Å². The van der Waals surface area contributed by atoms with E-state index in [-0.39, 0.29) is 0 Å². The maximum atomic E-state index is 6.12. The molecule has 2 aromatic heterocycles. The lowest BCUT2D eigenvalue weighted by Gasteiger charge is -2.30. The number of fused-ring (bicyclic) bond motifs is 1. The Bertz CT molecular complexity index is 1290. The van der Waals surface area contributed by atoms with E-state index in [2.05, 4.69) is 90.9 Å². The van der Waals surface area contributed by atoms with Crippen LogP contribution in [0.5, 0.6) is 0 Å². The van der Waals surface area contributed by atoms with Gasteiger partial charge in [0.2, 0.25) is 0 Å². The van der Waals surface area contributed by atoms with E-state index in [4.69, 9.17) is 5.73 Å². The Labute approximate surface area is 212 Å². The first-order chi connectivity index (χ1) is 17.6. The molecular formula is C28H36N8. The van der Waals surface area contributed by atoms with Crippen LogP contribution in [0.1, 0.15) is 44.6 Å². The number of imidazole rings is 1. The van der Waals surface area contributed by atoms with E-state index in [0.29, 0.717) is 18.1 Å². The van der Waals surface area contributed by atoms with Gasteiger partial charge in [0.05, 0.1) is 23.1 Å². The summed E-state index contributed by atoms with van der Waals surface area (Å²) in [6.07, 6.45) is 8.75. The number of nitrogens with two attached hydrogens (primary N) is 1. The average Bonchev–Trinajstić information content (AvgIpc) is 3.54. The van der Waals surface area contributed by atoms with Gasteiger partial charge in [0, 0.05) is 41.1 Å². The van der Waals surface area contributed by atoms with Crippen LogP contribution in [0.3, 0.4) is 0 Å². The van der Waals surface area contributed by atoms with E-state index in [1.54, 1.807) is 0 Å². The molecule has 0 spiro atoms. The highest BCUT2D eigenvalue weighted by atomic mass is 15.2. The van der Waals surface area contributed by atoms with E-state index in [0.717, 1.165) is 67.1 Å². The molecule has 8 nitrogen and oxygen atoms in total. The number of anilines is 3. The highest BCUT2D eigenvalue weighted by Crippen LogP contribution is 2.32. The first kappa shape index (κ1) is 23.1. The van der Waals surface area contributed by atoms with Gasteiger partial charge in [0.1, 0.15) is 0 Å². The normalized spacial score (nSPS) is 21.6. The number of aromatic amines is 1. The third-order valence-electron chi connectivity index (χ3n) is 7.85. The van der Waals surface area contributed by atoms with Crippen molar-refractivity contribution in [1.29, 1.82) is 0 Å². The zero-order valence-corrected chi connectivity index (χ0v) is 21.0. The van der Waals surface area contributed by atoms with E-state index in [1.807, 2.05) is 6.33 Å². The van der Waals surface area contributed by atoms with E-state index >= 15 is 0 Å². The number of hydrogen-bond acceptors (Lipinski definition) is 6. The van der Waals surface area contributed by atoms with Crippen LogP contribution in [0.25, 0.3) is 22.3 Å². The van der Waals surface area contributed by atoms with Gasteiger partial charge in [-0.15, -0.1) is 0 Å². The number of H-pyrrole nitrogens is 1. The maximum Gasteiger partial charge on any atom is 0.152 e. The van der Waals surface area contributed by atoms with Gasteiger partial charge in [0.25, 0.3) is 0 Å². The third kappa shape index (κ3) is 4.96. The van der Waals surface area contributed by atoms with Gasteiger partial charge in [-0.1, -0.05) is 6.07 Å². The number of piperidine rings is 1. The summed E-state index contributed by atoms with van der Waals surface area (Å²) in [4.78, 5) is 7.03. The first-order valence-corrected chi connectivity index (χ1v) is 13.2. The van der Waals surface area contributed by atoms with Gasteiger partial charge in [-0.2, -0.15) is 5.10 Å². The number of nitrogens with one attached hydrogen (secondary N) is 3. The predicted molar refractivity (Wildman–Crippen MR) is 147 cm³/mol. The average molecular weight is 485 g/mol. The molecule has 1 saturated carbocycles. The number of hydrogen-bond donors (Lipinski definition) is 4. The fourth-order valence-electron chi connectivity index (χ4n) is 5.58. The molecule has 188 valence electrons. The van der Waals surface area contributed by atoms with E-state index in [1.165, 1.54) is 24.0 Å². The smallest absolute Gasteiger partial charge is 0.152 e. The number of aromatic nitrogens is 4. The van der Waals surface area contributed by atoms with Gasteiger partial charge < -0.3 is 25.8 Å². The number of nitrogens with zero attached hydrogens (tertiary/aromatic N) is 4. The van der Waals surface area contributed by atoms with Gasteiger partial charge >= 0.3 is 0 Å². The zero-order chi connectivity index (χ0) is 24.5. The monoisotopic (exact) mass is 484 g/mol.